The molecule has 1 saturated carbocycles. The molecule has 1 aliphatic carbocycles. The highest BCUT2D eigenvalue weighted by molar-refractivity contribution is 6.33. The Kier molecular flexibility index (Phi) is 7.69. The lowest BCUT2D eigenvalue weighted by molar-refractivity contribution is -0.384. The first kappa shape index (κ1) is 25.4. The van der Waals surface area contributed by atoms with E-state index in [4.69, 9.17) is 20.9 Å². The molecule has 0 spiro atoms. The van der Waals surface area contributed by atoms with Gasteiger partial charge in [0.15, 0.2) is 0 Å². The van der Waals surface area contributed by atoms with E-state index in [0.29, 0.717) is 23.4 Å². The van der Waals surface area contributed by atoms with Crippen molar-refractivity contribution in [1.82, 2.24) is 5.16 Å². The molecule has 4 rings (SSSR count). The Labute approximate surface area is 213 Å². The number of halogens is 1. The van der Waals surface area contributed by atoms with Crippen LogP contribution in [0.15, 0.2) is 47.0 Å². The van der Waals surface area contributed by atoms with Crippen molar-refractivity contribution >= 4 is 34.9 Å². The average molecular weight is 512 g/mol. The second kappa shape index (κ2) is 10.9. The zero-order valence-electron chi connectivity index (χ0n) is 20.0. The number of esters is 1. The monoisotopic (exact) mass is 511 g/mol. The number of hydrogen-bond donors (Lipinski definition) is 0. The average Bonchev–Trinajstić information content (AvgIpc) is 3.26. The number of carbonyl (C=O) groups excluding carboxylic acids is 2. The molecule has 0 atom stereocenters. The van der Waals surface area contributed by atoms with Gasteiger partial charge in [-0.05, 0) is 44.9 Å². The molecule has 0 saturated heterocycles. The maximum atomic E-state index is 14.2. The van der Waals surface area contributed by atoms with Crippen LogP contribution in [-0.2, 0) is 4.74 Å². The third-order valence-corrected chi connectivity index (χ3v) is 6.64. The second-order valence-corrected chi connectivity index (χ2v) is 9.00. The first-order chi connectivity index (χ1) is 17.3. The highest BCUT2D eigenvalue weighted by Gasteiger charge is 2.36. The van der Waals surface area contributed by atoms with Gasteiger partial charge in [0.1, 0.15) is 22.7 Å². The number of ether oxygens (including phenoxy) is 1. The van der Waals surface area contributed by atoms with Crippen LogP contribution in [0.25, 0.3) is 11.3 Å². The molecule has 1 aliphatic rings. The van der Waals surface area contributed by atoms with Crippen LogP contribution in [0.2, 0.25) is 5.02 Å². The summed E-state index contributed by atoms with van der Waals surface area (Å²) in [4.78, 5) is 39.4. The topological polar surface area (TPSA) is 116 Å². The van der Waals surface area contributed by atoms with Gasteiger partial charge in [-0.3, -0.25) is 19.8 Å². The van der Waals surface area contributed by atoms with Crippen LogP contribution in [0, 0.1) is 17.0 Å². The number of hydrogen-bond acceptors (Lipinski definition) is 7. The Bertz CT molecular complexity index is 1300. The number of rotatable bonds is 7. The van der Waals surface area contributed by atoms with Gasteiger partial charge < -0.3 is 9.26 Å². The van der Waals surface area contributed by atoms with Crippen LogP contribution >= 0.6 is 11.6 Å². The molecule has 36 heavy (non-hydrogen) atoms. The third-order valence-electron chi connectivity index (χ3n) is 6.31. The van der Waals surface area contributed by atoms with E-state index in [9.17, 15) is 19.7 Å². The molecule has 188 valence electrons. The predicted octanol–water partition coefficient (Wildman–Crippen LogP) is 6.37. The molecular weight excluding hydrogens is 486 g/mol. The molecule has 0 radical (unpaired) electrons. The number of aromatic nitrogens is 1. The van der Waals surface area contributed by atoms with E-state index >= 15 is 0 Å². The summed E-state index contributed by atoms with van der Waals surface area (Å²) in [6.07, 6.45) is 4.19. The number of nitro benzene ring substituents is 1. The second-order valence-electron chi connectivity index (χ2n) is 8.59. The van der Waals surface area contributed by atoms with Gasteiger partial charge in [-0.1, -0.05) is 54.2 Å². The van der Waals surface area contributed by atoms with Gasteiger partial charge >= 0.3 is 5.97 Å². The van der Waals surface area contributed by atoms with Gasteiger partial charge in [0, 0.05) is 17.7 Å². The van der Waals surface area contributed by atoms with E-state index in [-0.39, 0.29) is 46.6 Å². The smallest absolute Gasteiger partial charge is 0.338 e. The first-order valence-corrected chi connectivity index (χ1v) is 12.2. The van der Waals surface area contributed by atoms with E-state index in [1.807, 2.05) is 0 Å². The lowest BCUT2D eigenvalue weighted by Crippen LogP contribution is -2.42. The van der Waals surface area contributed by atoms with Crippen LogP contribution in [0.5, 0.6) is 0 Å². The van der Waals surface area contributed by atoms with Crippen molar-refractivity contribution in [2.75, 3.05) is 11.5 Å². The quantitative estimate of drug-likeness (QED) is 0.205. The molecule has 3 aromatic rings. The summed E-state index contributed by atoms with van der Waals surface area (Å²) in [5, 5.41) is 16.6. The summed E-state index contributed by atoms with van der Waals surface area (Å²) in [5.74, 6) is -0.859. The number of anilines is 1. The summed E-state index contributed by atoms with van der Waals surface area (Å²) in [5.41, 5.74) is 0.784. The summed E-state index contributed by atoms with van der Waals surface area (Å²) in [6, 6.07) is 10.7. The Morgan fingerprint density at radius 2 is 1.92 bits per heavy atom. The zero-order chi connectivity index (χ0) is 25.8. The van der Waals surface area contributed by atoms with E-state index < -0.39 is 16.8 Å². The van der Waals surface area contributed by atoms with Gasteiger partial charge in [-0.15, -0.1) is 0 Å². The van der Waals surface area contributed by atoms with Gasteiger partial charge in [0.25, 0.3) is 11.6 Å². The molecule has 1 heterocycles. The minimum atomic E-state index is -0.668. The van der Waals surface area contributed by atoms with Crippen LogP contribution in [0.3, 0.4) is 0 Å². The fourth-order valence-electron chi connectivity index (χ4n) is 4.61. The highest BCUT2D eigenvalue weighted by Crippen LogP contribution is 2.38. The lowest BCUT2D eigenvalue weighted by Gasteiger charge is -2.34. The molecular formula is C26H26ClN3O6. The van der Waals surface area contributed by atoms with Crippen molar-refractivity contribution in [3.8, 4) is 11.3 Å². The van der Waals surface area contributed by atoms with E-state index in [1.165, 1.54) is 17.0 Å². The summed E-state index contributed by atoms with van der Waals surface area (Å²) in [7, 11) is 0. The number of aryl methyl sites for hydroxylation is 1. The minimum absolute atomic E-state index is 0.0428. The number of nitro groups is 1. The fourth-order valence-corrected chi connectivity index (χ4v) is 4.83. The minimum Gasteiger partial charge on any atom is -0.462 e. The molecule has 1 aromatic heterocycles. The molecule has 0 N–H and O–H groups in total. The first-order valence-electron chi connectivity index (χ1n) is 11.8. The Morgan fingerprint density at radius 3 is 2.58 bits per heavy atom. The predicted molar refractivity (Wildman–Crippen MR) is 134 cm³/mol. The zero-order valence-corrected chi connectivity index (χ0v) is 20.8. The maximum Gasteiger partial charge on any atom is 0.338 e. The summed E-state index contributed by atoms with van der Waals surface area (Å²) >= 11 is 6.39. The van der Waals surface area contributed by atoms with E-state index in [2.05, 4.69) is 5.16 Å². The number of carbonyl (C=O) groups is 2. The third kappa shape index (κ3) is 4.97. The molecule has 9 nitrogen and oxygen atoms in total. The molecule has 0 aliphatic heterocycles. The molecule has 10 heteroatoms. The standard InChI is InChI=1S/C26H26ClN3O6/c1-3-35-26(32)17-13-14-21(22(15-17)30(33)34)29(18-9-5-4-6-10-18)25(31)23-16(2)36-28-24(23)19-11-7-8-12-20(19)27/h7-8,11-15,18H,3-6,9-10H2,1-2H3. The lowest BCUT2D eigenvalue weighted by atomic mass is 9.92. The Balaban J connectivity index is 1.86. The van der Waals surface area contributed by atoms with Crippen molar-refractivity contribution in [2.24, 2.45) is 0 Å². The summed E-state index contributed by atoms with van der Waals surface area (Å²) in [6.45, 7) is 3.42. The largest absolute Gasteiger partial charge is 0.462 e. The van der Waals surface area contributed by atoms with Crippen molar-refractivity contribution in [2.45, 2.75) is 52.0 Å². The van der Waals surface area contributed by atoms with E-state index in [1.54, 1.807) is 38.1 Å². The SMILES string of the molecule is CCOC(=O)c1ccc(N(C(=O)c2c(-c3ccccc3Cl)noc2C)C2CCCCC2)c([N+](=O)[O-])c1. The van der Waals surface area contributed by atoms with Crippen LogP contribution in [0.4, 0.5) is 11.4 Å². The maximum absolute atomic E-state index is 14.2. The van der Waals surface area contributed by atoms with Crippen molar-refractivity contribution in [1.29, 1.82) is 0 Å². The highest BCUT2D eigenvalue weighted by atomic mass is 35.5. The molecule has 0 unspecified atom stereocenters. The van der Waals surface area contributed by atoms with Gasteiger partial charge in [0.05, 0.1) is 22.1 Å². The van der Waals surface area contributed by atoms with Crippen molar-refractivity contribution in [3.63, 3.8) is 0 Å². The van der Waals surface area contributed by atoms with E-state index in [0.717, 1.165) is 25.3 Å². The normalized spacial score (nSPS) is 13.9. The van der Waals surface area contributed by atoms with Gasteiger partial charge in [0.2, 0.25) is 0 Å². The van der Waals surface area contributed by atoms with Crippen molar-refractivity contribution in [3.05, 3.63) is 74.5 Å². The number of amides is 1. The van der Waals surface area contributed by atoms with Crippen LogP contribution in [0.1, 0.15) is 65.5 Å². The number of benzene rings is 2. The van der Waals surface area contributed by atoms with Crippen LogP contribution < -0.4 is 4.90 Å². The fraction of sp³-hybridized carbons (Fsp3) is 0.346. The molecule has 1 fully saturated rings. The molecule has 2 aromatic carbocycles. The van der Waals surface area contributed by atoms with Gasteiger partial charge in [-0.2, -0.15) is 0 Å². The summed E-state index contributed by atoms with van der Waals surface area (Å²) < 4.78 is 10.4. The van der Waals surface area contributed by atoms with Gasteiger partial charge in [-0.25, -0.2) is 4.79 Å². The number of nitrogens with zero attached hydrogens (tertiary/aromatic N) is 3. The van der Waals surface area contributed by atoms with Crippen molar-refractivity contribution < 1.29 is 23.8 Å². The Hall–Kier alpha value is -3.72. The molecule has 0 bridgehead atoms. The Morgan fingerprint density at radius 1 is 1.19 bits per heavy atom. The molecule has 1 amide bonds. The van der Waals surface area contributed by atoms with Crippen LogP contribution in [-0.4, -0.2) is 34.6 Å².